The van der Waals surface area contributed by atoms with Crippen molar-refractivity contribution in [1.29, 1.82) is 0 Å². The van der Waals surface area contributed by atoms with Crippen LogP contribution in [0.3, 0.4) is 0 Å². The molecule has 2 aliphatic carbocycles. The molecule has 0 aromatic heterocycles. The number of fused-ring (bicyclic) bond motifs is 3. The fourth-order valence-electron chi connectivity index (χ4n) is 6.92. The average molecular weight is 393 g/mol. The summed E-state index contributed by atoms with van der Waals surface area (Å²) in [6.45, 7) is 10.1. The zero-order chi connectivity index (χ0) is 20.3. The van der Waals surface area contributed by atoms with E-state index < -0.39 is 6.10 Å². The van der Waals surface area contributed by atoms with E-state index in [4.69, 9.17) is 9.47 Å². The van der Waals surface area contributed by atoms with Gasteiger partial charge in [-0.3, -0.25) is 9.59 Å². The molecule has 6 nitrogen and oxygen atoms in total. The lowest BCUT2D eigenvalue weighted by atomic mass is 9.68. The molecule has 6 heteroatoms. The SMILES string of the molecule is COCC(OC)C(=O)N1C[C@@H]2CN(C(=O)C34CCC(CC3)C4(C)C)C[C@]2(C)C1. The Hall–Kier alpha value is -1.14. The van der Waals surface area contributed by atoms with Crippen LogP contribution in [0.1, 0.15) is 46.5 Å². The van der Waals surface area contributed by atoms with Crippen LogP contribution in [0.25, 0.3) is 0 Å². The van der Waals surface area contributed by atoms with Crippen molar-refractivity contribution >= 4 is 11.8 Å². The normalized spacial score (nSPS) is 39.5. The van der Waals surface area contributed by atoms with Gasteiger partial charge in [-0.25, -0.2) is 0 Å². The largest absolute Gasteiger partial charge is 0.381 e. The number of methoxy groups -OCH3 is 2. The third kappa shape index (κ3) is 2.67. The van der Waals surface area contributed by atoms with E-state index >= 15 is 0 Å². The van der Waals surface area contributed by atoms with Crippen LogP contribution >= 0.6 is 0 Å². The summed E-state index contributed by atoms with van der Waals surface area (Å²) in [6.07, 6.45) is 3.97. The quantitative estimate of drug-likeness (QED) is 0.720. The van der Waals surface area contributed by atoms with E-state index in [1.165, 1.54) is 12.8 Å². The summed E-state index contributed by atoms with van der Waals surface area (Å²) in [4.78, 5) is 30.5. The molecule has 3 atom stereocenters. The highest BCUT2D eigenvalue weighted by Gasteiger charge is 2.65. The molecule has 2 saturated heterocycles. The first kappa shape index (κ1) is 20.1. The highest BCUT2D eigenvalue weighted by Crippen LogP contribution is 2.66. The molecular weight excluding hydrogens is 356 g/mol. The van der Waals surface area contributed by atoms with E-state index in [-0.39, 0.29) is 28.8 Å². The van der Waals surface area contributed by atoms with Gasteiger partial charge in [-0.2, -0.15) is 0 Å². The zero-order valence-electron chi connectivity index (χ0n) is 18.1. The first-order valence-corrected chi connectivity index (χ1v) is 10.8. The van der Waals surface area contributed by atoms with Crippen molar-refractivity contribution in [2.75, 3.05) is 47.0 Å². The third-order valence-electron chi connectivity index (χ3n) is 8.95. The van der Waals surface area contributed by atoms with Gasteiger partial charge in [0.15, 0.2) is 6.10 Å². The fraction of sp³-hybridized carbons (Fsp3) is 0.909. The van der Waals surface area contributed by atoms with Crippen molar-refractivity contribution in [2.45, 2.75) is 52.6 Å². The Morgan fingerprint density at radius 2 is 1.61 bits per heavy atom. The fourth-order valence-corrected chi connectivity index (χ4v) is 6.92. The number of rotatable bonds is 5. The molecule has 2 aliphatic heterocycles. The van der Waals surface area contributed by atoms with Crippen LogP contribution in [0.2, 0.25) is 0 Å². The highest BCUT2D eigenvalue weighted by atomic mass is 16.5. The van der Waals surface area contributed by atoms with Crippen molar-refractivity contribution < 1.29 is 19.1 Å². The summed E-state index contributed by atoms with van der Waals surface area (Å²) in [5.41, 5.74) is -0.0492. The first-order valence-electron chi connectivity index (χ1n) is 10.8. The van der Waals surface area contributed by atoms with Crippen molar-refractivity contribution in [3.63, 3.8) is 0 Å². The number of carbonyl (C=O) groups excluding carboxylic acids is 2. The predicted octanol–water partition coefficient (Wildman–Crippen LogP) is 2.17. The van der Waals surface area contributed by atoms with E-state index in [0.717, 1.165) is 25.9 Å². The Balaban J connectivity index is 1.44. The van der Waals surface area contributed by atoms with Crippen molar-refractivity contribution in [3.8, 4) is 0 Å². The molecule has 0 aromatic rings. The summed E-state index contributed by atoms with van der Waals surface area (Å²) in [5.74, 6) is 1.44. The van der Waals surface area contributed by atoms with Gasteiger partial charge in [0.1, 0.15) is 0 Å². The highest BCUT2D eigenvalue weighted by molar-refractivity contribution is 5.85. The minimum Gasteiger partial charge on any atom is -0.381 e. The van der Waals surface area contributed by atoms with Crippen LogP contribution in [0, 0.1) is 28.1 Å². The molecule has 0 radical (unpaired) electrons. The Morgan fingerprint density at radius 1 is 1.00 bits per heavy atom. The van der Waals surface area contributed by atoms with Gasteiger partial charge >= 0.3 is 0 Å². The zero-order valence-corrected chi connectivity index (χ0v) is 18.1. The van der Waals surface area contributed by atoms with E-state index in [1.54, 1.807) is 14.2 Å². The predicted molar refractivity (Wildman–Crippen MR) is 106 cm³/mol. The standard InChI is InChI=1S/C22H36N2O4/c1-20(2)15-6-8-22(20,9-7-15)19(26)24-11-16-10-23(13-21(16,3)14-24)18(25)17(28-5)12-27-4/h15-17H,6-14H2,1-5H3/t15?,16-,17?,21+,22?/m1/s1. The molecule has 4 aliphatic rings. The van der Waals surface area contributed by atoms with Gasteiger partial charge in [-0.05, 0) is 37.0 Å². The molecule has 2 amide bonds. The van der Waals surface area contributed by atoms with Crippen LogP contribution in [0.4, 0.5) is 0 Å². The minimum absolute atomic E-state index is 0.00649. The molecule has 1 unspecified atom stereocenters. The maximum absolute atomic E-state index is 13.7. The molecule has 0 N–H and O–H groups in total. The maximum atomic E-state index is 13.7. The first-order chi connectivity index (χ1) is 13.2. The number of amides is 2. The molecule has 2 saturated carbocycles. The van der Waals surface area contributed by atoms with E-state index in [9.17, 15) is 9.59 Å². The second kappa shape index (κ2) is 6.69. The van der Waals surface area contributed by atoms with Gasteiger partial charge in [0, 0.05) is 51.7 Å². The Kier molecular flexibility index (Phi) is 4.82. The van der Waals surface area contributed by atoms with Gasteiger partial charge in [-0.1, -0.05) is 20.8 Å². The molecule has 2 bridgehead atoms. The lowest BCUT2D eigenvalue weighted by Crippen LogP contribution is -2.49. The van der Waals surface area contributed by atoms with Gasteiger partial charge in [0.25, 0.3) is 5.91 Å². The van der Waals surface area contributed by atoms with Crippen molar-refractivity contribution in [2.24, 2.45) is 28.1 Å². The second-order valence-electron chi connectivity index (χ2n) is 10.5. The Morgan fingerprint density at radius 3 is 2.11 bits per heavy atom. The summed E-state index contributed by atoms with van der Waals surface area (Å²) in [7, 11) is 3.14. The smallest absolute Gasteiger partial charge is 0.254 e. The van der Waals surface area contributed by atoms with Crippen LogP contribution in [0.15, 0.2) is 0 Å². The van der Waals surface area contributed by atoms with Gasteiger partial charge in [0.05, 0.1) is 12.0 Å². The summed E-state index contributed by atoms with van der Waals surface area (Å²) in [5, 5.41) is 0. The number of hydrogen-bond donors (Lipinski definition) is 0. The molecule has 2 heterocycles. The van der Waals surface area contributed by atoms with Gasteiger partial charge in [0.2, 0.25) is 5.91 Å². The third-order valence-corrected chi connectivity index (χ3v) is 8.95. The van der Waals surface area contributed by atoms with Gasteiger partial charge < -0.3 is 19.3 Å². The molecular formula is C22H36N2O4. The molecule has 28 heavy (non-hydrogen) atoms. The molecule has 158 valence electrons. The number of hydrogen-bond acceptors (Lipinski definition) is 4. The van der Waals surface area contributed by atoms with Crippen LogP contribution in [0.5, 0.6) is 0 Å². The Bertz CT molecular complexity index is 655. The number of carbonyl (C=O) groups is 2. The van der Waals surface area contributed by atoms with E-state index in [2.05, 4.69) is 25.7 Å². The number of ether oxygens (including phenoxy) is 2. The number of nitrogens with zero attached hydrogens (tertiary/aromatic N) is 2. The maximum Gasteiger partial charge on any atom is 0.254 e. The second-order valence-corrected chi connectivity index (χ2v) is 10.5. The van der Waals surface area contributed by atoms with E-state index in [0.29, 0.717) is 30.8 Å². The van der Waals surface area contributed by atoms with Crippen LogP contribution in [-0.4, -0.2) is 74.7 Å². The summed E-state index contributed by atoms with van der Waals surface area (Å²) < 4.78 is 10.4. The van der Waals surface area contributed by atoms with Gasteiger partial charge in [-0.15, -0.1) is 0 Å². The van der Waals surface area contributed by atoms with Crippen LogP contribution < -0.4 is 0 Å². The Labute approximate surface area is 168 Å². The topological polar surface area (TPSA) is 59.1 Å². The van der Waals surface area contributed by atoms with Crippen molar-refractivity contribution in [3.05, 3.63) is 0 Å². The van der Waals surface area contributed by atoms with Crippen LogP contribution in [-0.2, 0) is 19.1 Å². The summed E-state index contributed by atoms with van der Waals surface area (Å²) >= 11 is 0. The molecule has 4 rings (SSSR count). The molecule has 0 spiro atoms. The molecule has 0 aromatic carbocycles. The van der Waals surface area contributed by atoms with E-state index in [1.807, 2.05) is 4.90 Å². The summed E-state index contributed by atoms with van der Waals surface area (Å²) in [6, 6.07) is 0. The molecule has 4 fully saturated rings. The number of likely N-dealkylation sites (tertiary alicyclic amines) is 2. The lowest BCUT2D eigenvalue weighted by Gasteiger charge is -2.40. The average Bonchev–Trinajstić information content (AvgIpc) is 3.31. The lowest BCUT2D eigenvalue weighted by molar-refractivity contribution is -0.147. The minimum atomic E-state index is -0.543. The van der Waals surface area contributed by atoms with Crippen molar-refractivity contribution in [1.82, 2.24) is 9.80 Å². The monoisotopic (exact) mass is 392 g/mol.